The molecule has 0 heterocycles. The Kier molecular flexibility index (Phi) is 7.80. The molecule has 4 aromatic rings. The molecule has 0 saturated heterocycles. The third-order valence-corrected chi connectivity index (χ3v) is 5.70. The average molecular weight is 476 g/mol. The number of hydrogen-bond donors (Lipinski definition) is 0. The summed E-state index contributed by atoms with van der Waals surface area (Å²) in [6, 6.07) is 33.8. The van der Waals surface area contributed by atoms with Crippen LogP contribution in [0.5, 0.6) is 17.2 Å². The second-order valence-corrected chi connectivity index (χ2v) is 7.99. The molecule has 0 amide bonds. The maximum atomic E-state index is 13.3. The largest absolute Gasteiger partial charge is 0.493 e. The van der Waals surface area contributed by atoms with E-state index in [1.165, 1.54) is 0 Å². The van der Waals surface area contributed by atoms with E-state index in [9.17, 15) is 10.1 Å². The molecule has 36 heavy (non-hydrogen) atoms. The highest BCUT2D eigenvalue weighted by molar-refractivity contribution is 5.90. The topological polar surface area (TPSA) is 68.5 Å². The zero-order chi connectivity index (χ0) is 25.3. The molecule has 0 fully saturated rings. The lowest BCUT2D eigenvalue weighted by Gasteiger charge is -2.17. The van der Waals surface area contributed by atoms with Crippen LogP contribution in [0.4, 0.5) is 0 Å². The molecule has 5 nitrogen and oxygen atoms in total. The number of carbonyl (C=O) groups excluding carboxylic acids is 1. The van der Waals surface area contributed by atoms with Gasteiger partial charge in [0.05, 0.1) is 25.9 Å². The Morgan fingerprint density at radius 2 is 1.42 bits per heavy atom. The second kappa shape index (κ2) is 11.5. The van der Waals surface area contributed by atoms with Crippen LogP contribution in [0.25, 0.3) is 11.6 Å². The first-order valence-electron chi connectivity index (χ1n) is 11.4. The van der Waals surface area contributed by atoms with E-state index in [1.807, 2.05) is 66.7 Å². The number of rotatable bonds is 8. The Labute approximate surface area is 210 Å². The van der Waals surface area contributed by atoms with Gasteiger partial charge in [0, 0.05) is 0 Å². The molecule has 0 bridgehead atoms. The SMILES string of the molecule is COc1ccc(/C(C#N)=C\c2cccc(OC(=O)C(c3ccccc3)c3ccccc3)c2)cc1OC. The van der Waals surface area contributed by atoms with E-state index < -0.39 is 5.92 Å². The Morgan fingerprint density at radius 3 is 2.00 bits per heavy atom. The van der Waals surface area contributed by atoms with E-state index in [-0.39, 0.29) is 5.97 Å². The van der Waals surface area contributed by atoms with E-state index in [0.29, 0.717) is 28.4 Å². The van der Waals surface area contributed by atoms with Crippen LogP contribution in [-0.4, -0.2) is 20.2 Å². The Morgan fingerprint density at radius 1 is 0.778 bits per heavy atom. The van der Waals surface area contributed by atoms with E-state index in [2.05, 4.69) is 6.07 Å². The van der Waals surface area contributed by atoms with Gasteiger partial charge in [0.15, 0.2) is 11.5 Å². The molecule has 0 unspecified atom stereocenters. The lowest BCUT2D eigenvalue weighted by Crippen LogP contribution is -2.20. The van der Waals surface area contributed by atoms with Gasteiger partial charge in [0.25, 0.3) is 0 Å². The van der Waals surface area contributed by atoms with Crippen molar-refractivity contribution in [3.63, 3.8) is 0 Å². The van der Waals surface area contributed by atoms with Crippen molar-refractivity contribution >= 4 is 17.6 Å². The molecule has 0 atom stereocenters. The van der Waals surface area contributed by atoms with E-state index in [4.69, 9.17) is 14.2 Å². The smallest absolute Gasteiger partial charge is 0.323 e. The van der Waals surface area contributed by atoms with Crippen LogP contribution >= 0.6 is 0 Å². The normalized spacial score (nSPS) is 11.0. The van der Waals surface area contributed by atoms with E-state index >= 15 is 0 Å². The number of nitriles is 1. The summed E-state index contributed by atoms with van der Waals surface area (Å²) < 4.78 is 16.5. The van der Waals surface area contributed by atoms with Crippen molar-refractivity contribution in [2.75, 3.05) is 14.2 Å². The van der Waals surface area contributed by atoms with Gasteiger partial charge in [-0.05, 0) is 58.7 Å². The molecule has 0 aromatic heterocycles. The number of esters is 1. The summed E-state index contributed by atoms with van der Waals surface area (Å²) in [4.78, 5) is 13.3. The van der Waals surface area contributed by atoms with Gasteiger partial charge in [-0.25, -0.2) is 0 Å². The van der Waals surface area contributed by atoms with Crippen molar-refractivity contribution in [1.82, 2.24) is 0 Å². The highest BCUT2D eigenvalue weighted by atomic mass is 16.5. The number of allylic oxidation sites excluding steroid dienone is 1. The average Bonchev–Trinajstić information content (AvgIpc) is 2.93. The lowest BCUT2D eigenvalue weighted by atomic mass is 9.91. The summed E-state index contributed by atoms with van der Waals surface area (Å²) in [5.41, 5.74) is 3.55. The number of ether oxygens (including phenoxy) is 3. The van der Waals surface area contributed by atoms with Gasteiger partial charge in [-0.1, -0.05) is 72.8 Å². The van der Waals surface area contributed by atoms with Crippen molar-refractivity contribution in [1.29, 1.82) is 5.26 Å². The zero-order valence-corrected chi connectivity index (χ0v) is 20.0. The van der Waals surface area contributed by atoms with E-state index in [0.717, 1.165) is 16.7 Å². The molecule has 0 radical (unpaired) electrons. The zero-order valence-electron chi connectivity index (χ0n) is 20.0. The summed E-state index contributed by atoms with van der Waals surface area (Å²) in [6.45, 7) is 0. The van der Waals surface area contributed by atoms with Gasteiger partial charge in [0.2, 0.25) is 0 Å². The van der Waals surface area contributed by atoms with Crippen molar-refractivity contribution in [2.24, 2.45) is 0 Å². The van der Waals surface area contributed by atoms with Gasteiger partial charge >= 0.3 is 5.97 Å². The fraction of sp³-hybridized carbons (Fsp3) is 0.0968. The van der Waals surface area contributed by atoms with Crippen LogP contribution in [0.1, 0.15) is 28.2 Å². The first-order chi connectivity index (χ1) is 17.6. The summed E-state index contributed by atoms with van der Waals surface area (Å²) in [5, 5.41) is 9.79. The lowest BCUT2D eigenvalue weighted by molar-refractivity contribution is -0.135. The summed E-state index contributed by atoms with van der Waals surface area (Å²) in [6.07, 6.45) is 1.74. The molecular weight excluding hydrogens is 450 g/mol. The molecule has 0 aliphatic heterocycles. The quantitative estimate of drug-likeness (QED) is 0.126. The monoisotopic (exact) mass is 475 g/mol. The van der Waals surface area contributed by atoms with Gasteiger partial charge in [-0.3, -0.25) is 4.79 Å². The molecule has 5 heteroatoms. The molecule has 0 aliphatic carbocycles. The molecule has 0 spiro atoms. The molecule has 0 N–H and O–H groups in total. The van der Waals surface area contributed by atoms with Gasteiger partial charge in [-0.2, -0.15) is 5.26 Å². The van der Waals surface area contributed by atoms with Crippen molar-refractivity contribution < 1.29 is 19.0 Å². The van der Waals surface area contributed by atoms with Crippen LogP contribution in [0.2, 0.25) is 0 Å². The minimum absolute atomic E-state index is 0.381. The highest BCUT2D eigenvalue weighted by Crippen LogP contribution is 2.32. The summed E-state index contributed by atoms with van der Waals surface area (Å²) in [7, 11) is 3.11. The summed E-state index contributed by atoms with van der Waals surface area (Å²) >= 11 is 0. The van der Waals surface area contributed by atoms with Gasteiger partial charge in [0.1, 0.15) is 11.7 Å². The Balaban J connectivity index is 1.62. The first-order valence-corrected chi connectivity index (χ1v) is 11.4. The van der Waals surface area contributed by atoms with Gasteiger partial charge < -0.3 is 14.2 Å². The minimum Gasteiger partial charge on any atom is -0.493 e. The second-order valence-electron chi connectivity index (χ2n) is 7.99. The van der Waals surface area contributed by atoms with Crippen LogP contribution in [-0.2, 0) is 4.79 Å². The number of nitrogens with zero attached hydrogens (tertiary/aromatic N) is 1. The predicted molar refractivity (Wildman–Crippen MR) is 140 cm³/mol. The van der Waals surface area contributed by atoms with Crippen molar-refractivity contribution in [3.8, 4) is 23.3 Å². The third-order valence-electron chi connectivity index (χ3n) is 5.70. The van der Waals surface area contributed by atoms with Crippen LogP contribution in [0.3, 0.4) is 0 Å². The molecular formula is C31H25NO4. The summed E-state index contributed by atoms with van der Waals surface area (Å²) in [5.74, 6) is 0.572. The molecule has 4 aromatic carbocycles. The first kappa shape index (κ1) is 24.3. The fourth-order valence-electron chi connectivity index (χ4n) is 3.95. The highest BCUT2D eigenvalue weighted by Gasteiger charge is 2.24. The van der Waals surface area contributed by atoms with Gasteiger partial charge in [-0.15, -0.1) is 0 Å². The maximum Gasteiger partial charge on any atom is 0.323 e. The molecule has 4 rings (SSSR count). The number of benzene rings is 4. The van der Waals surface area contributed by atoms with Crippen LogP contribution in [0, 0.1) is 11.3 Å². The molecule has 0 aliphatic rings. The van der Waals surface area contributed by atoms with Crippen LogP contribution < -0.4 is 14.2 Å². The number of hydrogen-bond acceptors (Lipinski definition) is 5. The molecule has 0 saturated carbocycles. The maximum absolute atomic E-state index is 13.3. The third kappa shape index (κ3) is 5.63. The van der Waals surface area contributed by atoms with Crippen molar-refractivity contribution in [3.05, 3.63) is 125 Å². The van der Waals surface area contributed by atoms with Crippen LogP contribution in [0.15, 0.2) is 103 Å². The fourth-order valence-corrected chi connectivity index (χ4v) is 3.95. The van der Waals surface area contributed by atoms with E-state index in [1.54, 1.807) is 56.7 Å². The standard InChI is InChI=1S/C31H25NO4/c1-34-28-17-16-25(20-29(28)35-2)26(21-32)18-22-10-9-15-27(19-22)36-31(33)30(23-11-5-3-6-12-23)24-13-7-4-8-14-24/h3-20,30H,1-2H3/b26-18-. The minimum atomic E-state index is -0.562. The predicted octanol–water partition coefficient (Wildman–Crippen LogP) is 6.51. The number of methoxy groups -OCH3 is 2. The Bertz CT molecular complexity index is 1370. The van der Waals surface area contributed by atoms with Crippen molar-refractivity contribution in [2.45, 2.75) is 5.92 Å². The Hall–Kier alpha value is -4.82. The number of carbonyl (C=O) groups is 1. The molecule has 178 valence electrons.